The van der Waals surface area contributed by atoms with Crippen LogP contribution in [-0.2, 0) is 25.6 Å². The van der Waals surface area contributed by atoms with Crippen molar-refractivity contribution in [2.75, 3.05) is 12.2 Å². The van der Waals surface area contributed by atoms with Crippen molar-refractivity contribution in [3.05, 3.63) is 53.6 Å². The van der Waals surface area contributed by atoms with Crippen LogP contribution in [0.5, 0.6) is 5.75 Å². The number of fused-ring (bicyclic) bond motifs is 1. The van der Waals surface area contributed by atoms with Crippen LogP contribution in [0.2, 0.25) is 0 Å². The Labute approximate surface area is 185 Å². The second kappa shape index (κ2) is 9.01. The average Bonchev–Trinajstić information content (AvgIpc) is 2.70. The molecule has 0 fully saturated rings. The van der Waals surface area contributed by atoms with Gasteiger partial charge in [0, 0.05) is 11.8 Å². The lowest BCUT2D eigenvalue weighted by Gasteiger charge is -2.32. The Kier molecular flexibility index (Phi) is 6.59. The summed E-state index contributed by atoms with van der Waals surface area (Å²) in [6, 6.07) is 12.3. The van der Waals surface area contributed by atoms with Crippen molar-refractivity contribution in [1.82, 2.24) is 0 Å². The first kappa shape index (κ1) is 22.7. The van der Waals surface area contributed by atoms with Crippen LogP contribution in [0.25, 0.3) is 0 Å². The number of benzene rings is 2. The van der Waals surface area contributed by atoms with Gasteiger partial charge in [-0.25, -0.2) is 9.59 Å². The molecule has 1 aliphatic heterocycles. The van der Waals surface area contributed by atoms with Gasteiger partial charge in [-0.3, -0.25) is 4.79 Å². The topological polar surface area (TPSA) is 82.1 Å². The van der Waals surface area contributed by atoms with E-state index < -0.39 is 22.8 Å². The van der Waals surface area contributed by atoms with E-state index in [2.05, 4.69) is 0 Å². The maximum Gasteiger partial charge on any atom is 0.338 e. The lowest BCUT2D eigenvalue weighted by molar-refractivity contribution is -0.148. The maximum absolute atomic E-state index is 13.1. The number of nitrogens with zero attached hydrogens (tertiary/aromatic N) is 1. The normalized spacial score (nSPS) is 15.8. The van der Waals surface area contributed by atoms with Crippen molar-refractivity contribution in [3.8, 4) is 5.75 Å². The molecule has 0 saturated heterocycles. The molecule has 1 heterocycles. The summed E-state index contributed by atoms with van der Waals surface area (Å²) in [5.41, 5.74) is 0.909. The van der Waals surface area contributed by atoms with Crippen molar-refractivity contribution >= 4 is 35.3 Å². The minimum atomic E-state index is -0.656. The molecule has 0 aliphatic carbocycles. The molecule has 0 spiro atoms. The largest absolute Gasteiger partial charge is 0.497 e. The molecule has 31 heavy (non-hydrogen) atoms. The number of rotatable bonds is 5. The molecule has 1 unspecified atom stereocenters. The number of esters is 1. The van der Waals surface area contributed by atoms with E-state index in [-0.39, 0.29) is 11.5 Å². The molecule has 1 aliphatic rings. The van der Waals surface area contributed by atoms with Crippen LogP contribution in [0.3, 0.4) is 0 Å². The van der Waals surface area contributed by atoms with E-state index in [9.17, 15) is 14.4 Å². The third-order valence-electron chi connectivity index (χ3n) is 4.36. The van der Waals surface area contributed by atoms with Gasteiger partial charge in [-0.05, 0) is 63.1 Å². The number of methoxy groups -OCH3 is 1. The number of amides is 1. The van der Waals surface area contributed by atoms with Crippen molar-refractivity contribution in [1.29, 1.82) is 0 Å². The van der Waals surface area contributed by atoms with Crippen molar-refractivity contribution in [3.63, 3.8) is 0 Å². The summed E-state index contributed by atoms with van der Waals surface area (Å²) >= 11 is 1.37. The Morgan fingerprint density at radius 3 is 2.35 bits per heavy atom. The molecule has 0 radical (unpaired) electrons. The molecule has 164 valence electrons. The molecule has 0 N–H and O–H groups in total. The predicted molar refractivity (Wildman–Crippen MR) is 117 cm³/mol. The molecule has 0 bridgehead atoms. The van der Waals surface area contributed by atoms with Gasteiger partial charge in [0.05, 0.1) is 23.6 Å². The Morgan fingerprint density at radius 2 is 1.77 bits per heavy atom. The molecule has 7 nitrogen and oxygen atoms in total. The number of thioether (sulfide) groups is 1. The second-order valence-corrected chi connectivity index (χ2v) is 9.30. The Morgan fingerprint density at radius 1 is 1.10 bits per heavy atom. The predicted octanol–water partition coefficient (Wildman–Crippen LogP) is 4.18. The monoisotopic (exact) mass is 443 g/mol. The van der Waals surface area contributed by atoms with E-state index in [1.807, 2.05) is 24.3 Å². The van der Waals surface area contributed by atoms with Crippen LogP contribution in [0, 0.1) is 0 Å². The first-order valence-corrected chi connectivity index (χ1v) is 10.6. The third-order valence-corrected chi connectivity index (χ3v) is 5.61. The van der Waals surface area contributed by atoms with E-state index >= 15 is 0 Å². The summed E-state index contributed by atoms with van der Waals surface area (Å²) < 4.78 is 10.6. The zero-order valence-corrected chi connectivity index (χ0v) is 18.9. The molecule has 2 aromatic rings. The highest BCUT2D eigenvalue weighted by Gasteiger charge is 2.37. The summed E-state index contributed by atoms with van der Waals surface area (Å²) in [6.07, 6.45) is 0.443. The number of ether oxygens (including phenoxy) is 2. The highest BCUT2D eigenvalue weighted by atomic mass is 32.2. The second-order valence-electron chi connectivity index (χ2n) is 8.06. The number of hydroxylamine groups is 1. The van der Waals surface area contributed by atoms with Crippen molar-refractivity contribution in [2.24, 2.45) is 0 Å². The summed E-state index contributed by atoms with van der Waals surface area (Å²) in [5, 5.41) is 0.489. The van der Waals surface area contributed by atoms with Crippen molar-refractivity contribution < 1.29 is 28.7 Å². The van der Waals surface area contributed by atoms with Crippen molar-refractivity contribution in [2.45, 2.75) is 49.9 Å². The lowest BCUT2D eigenvalue weighted by Crippen LogP contribution is -2.43. The third kappa shape index (κ3) is 5.58. The minimum absolute atomic E-state index is 0.271. The van der Waals surface area contributed by atoms with Crippen LogP contribution >= 0.6 is 11.8 Å². The Hall–Kier alpha value is -3.00. The standard InChI is InChI=1S/C23H25NO6S/c1-14(25)30-24-18-13-16(22(27)29-23(2,3)4)8-11-19(18)31-20(21(24)26)12-15-6-9-17(28-5)10-7-15/h6-11,13,20H,12H2,1-5H3. The van der Waals surface area contributed by atoms with Crippen LogP contribution in [0.4, 0.5) is 5.69 Å². The first-order chi connectivity index (χ1) is 14.6. The van der Waals surface area contributed by atoms with Crippen LogP contribution in [0.1, 0.15) is 43.6 Å². The zero-order valence-electron chi connectivity index (χ0n) is 18.1. The number of hydrogen-bond donors (Lipinski definition) is 0. The van der Waals surface area contributed by atoms with Gasteiger partial charge in [-0.1, -0.05) is 12.1 Å². The SMILES string of the molecule is COc1ccc(CC2Sc3ccc(C(=O)OC(C)(C)C)cc3N(OC(C)=O)C2=O)cc1. The summed E-state index contributed by atoms with van der Waals surface area (Å²) in [5.74, 6) is -0.786. The van der Waals surface area contributed by atoms with Crippen LogP contribution in [0.15, 0.2) is 47.4 Å². The molecule has 2 aromatic carbocycles. The quantitative estimate of drug-likeness (QED) is 0.641. The van der Waals surface area contributed by atoms with Gasteiger partial charge in [0.2, 0.25) is 0 Å². The van der Waals surface area contributed by atoms with Gasteiger partial charge in [0.25, 0.3) is 5.91 Å². The van der Waals surface area contributed by atoms with Gasteiger partial charge in [0.1, 0.15) is 11.4 Å². The molecule has 8 heteroatoms. The van der Waals surface area contributed by atoms with E-state index in [0.717, 1.165) is 21.3 Å². The number of anilines is 1. The van der Waals surface area contributed by atoms with E-state index in [0.29, 0.717) is 12.1 Å². The molecule has 1 atom stereocenters. The van der Waals surface area contributed by atoms with E-state index in [1.165, 1.54) is 24.8 Å². The smallest absolute Gasteiger partial charge is 0.338 e. The minimum Gasteiger partial charge on any atom is -0.497 e. The maximum atomic E-state index is 13.1. The summed E-state index contributed by atoms with van der Waals surface area (Å²) in [6.45, 7) is 6.55. The molecular formula is C23H25NO6S. The fraction of sp³-hybridized carbons (Fsp3) is 0.348. The molecular weight excluding hydrogens is 418 g/mol. The highest BCUT2D eigenvalue weighted by Crippen LogP contribution is 2.41. The van der Waals surface area contributed by atoms with Gasteiger partial charge >= 0.3 is 11.9 Å². The van der Waals surface area contributed by atoms with Crippen LogP contribution < -0.4 is 9.80 Å². The number of carbonyl (C=O) groups excluding carboxylic acids is 3. The number of carbonyl (C=O) groups is 3. The molecule has 0 aromatic heterocycles. The van der Waals surface area contributed by atoms with Gasteiger partial charge in [-0.2, -0.15) is 0 Å². The Bertz CT molecular complexity index is 996. The summed E-state index contributed by atoms with van der Waals surface area (Å²) in [7, 11) is 1.59. The van der Waals surface area contributed by atoms with E-state index in [1.54, 1.807) is 40.0 Å². The molecule has 0 saturated carbocycles. The average molecular weight is 444 g/mol. The Balaban J connectivity index is 1.90. The lowest BCUT2D eigenvalue weighted by atomic mass is 10.1. The summed E-state index contributed by atoms with van der Waals surface area (Å²) in [4.78, 5) is 43.3. The van der Waals surface area contributed by atoms with Crippen LogP contribution in [-0.4, -0.2) is 35.8 Å². The van der Waals surface area contributed by atoms with E-state index in [4.69, 9.17) is 14.3 Å². The zero-order chi connectivity index (χ0) is 22.8. The highest BCUT2D eigenvalue weighted by molar-refractivity contribution is 8.01. The fourth-order valence-corrected chi connectivity index (χ4v) is 4.21. The van der Waals surface area contributed by atoms with Gasteiger partial charge < -0.3 is 14.3 Å². The fourth-order valence-electron chi connectivity index (χ4n) is 3.02. The number of hydrogen-bond acceptors (Lipinski definition) is 7. The first-order valence-electron chi connectivity index (χ1n) is 9.77. The molecule has 1 amide bonds. The molecule has 3 rings (SSSR count). The van der Waals surface area contributed by atoms with Gasteiger partial charge in [0.15, 0.2) is 0 Å². The van der Waals surface area contributed by atoms with Gasteiger partial charge in [-0.15, -0.1) is 16.8 Å².